The second-order valence-electron chi connectivity index (χ2n) is 5.73. The fourth-order valence-corrected chi connectivity index (χ4v) is 2.61. The van der Waals surface area contributed by atoms with Gasteiger partial charge in [0.15, 0.2) is 0 Å². The molecule has 3 rings (SSSR count). The van der Waals surface area contributed by atoms with Crippen molar-refractivity contribution in [2.45, 2.75) is 20.0 Å². The number of aromatic nitrogens is 1. The first-order chi connectivity index (χ1) is 11.5. The van der Waals surface area contributed by atoms with Crippen LogP contribution in [-0.4, -0.2) is 27.7 Å². The van der Waals surface area contributed by atoms with Crippen molar-refractivity contribution in [2.24, 2.45) is 0 Å². The molecule has 0 aliphatic heterocycles. The lowest BCUT2D eigenvalue weighted by atomic mass is 10.2. The number of benzene rings is 2. The molecule has 0 bridgehead atoms. The second-order valence-corrected chi connectivity index (χ2v) is 5.73. The maximum Gasteiger partial charge on any atom is 0.337 e. The lowest BCUT2D eigenvalue weighted by Gasteiger charge is -2.10. The second kappa shape index (κ2) is 6.20. The predicted octanol–water partition coefficient (Wildman–Crippen LogP) is 3.82. The summed E-state index contributed by atoms with van der Waals surface area (Å²) in [7, 11) is 0. The molecule has 0 atom stereocenters. The number of para-hydroxylation sites is 1. The highest BCUT2D eigenvalue weighted by Gasteiger charge is 2.18. The average molecular weight is 323 g/mol. The van der Waals surface area contributed by atoms with E-state index in [1.165, 1.54) is 10.8 Å². The van der Waals surface area contributed by atoms with Crippen LogP contribution in [0.2, 0.25) is 0 Å². The topological polar surface area (TPSA) is 68.5 Å². The van der Waals surface area contributed by atoms with Crippen LogP contribution in [0.3, 0.4) is 0 Å². The monoisotopic (exact) mass is 323 g/mol. The molecule has 122 valence electrons. The Kier molecular flexibility index (Phi) is 4.08. The third-order valence-corrected chi connectivity index (χ3v) is 3.63. The maximum absolute atomic E-state index is 12.8. The van der Waals surface area contributed by atoms with Gasteiger partial charge in [0.1, 0.15) is 5.75 Å². The molecule has 1 aromatic heterocycles. The smallest absolute Gasteiger partial charge is 0.337 e. The van der Waals surface area contributed by atoms with Crippen LogP contribution in [0, 0.1) is 0 Å². The van der Waals surface area contributed by atoms with Gasteiger partial charge in [-0.3, -0.25) is 9.36 Å². The van der Waals surface area contributed by atoms with Crippen molar-refractivity contribution in [1.29, 1.82) is 0 Å². The van der Waals surface area contributed by atoms with E-state index in [4.69, 9.17) is 4.74 Å². The Labute approximate surface area is 139 Å². The zero-order valence-electron chi connectivity index (χ0n) is 13.4. The molecule has 24 heavy (non-hydrogen) atoms. The molecule has 0 radical (unpaired) electrons. The van der Waals surface area contributed by atoms with Gasteiger partial charge in [0, 0.05) is 17.1 Å². The molecule has 5 nitrogen and oxygen atoms in total. The van der Waals surface area contributed by atoms with Gasteiger partial charge in [-0.2, -0.15) is 0 Å². The van der Waals surface area contributed by atoms with E-state index in [0.29, 0.717) is 22.2 Å². The Morgan fingerprint density at radius 3 is 2.33 bits per heavy atom. The van der Waals surface area contributed by atoms with Gasteiger partial charge in [-0.15, -0.1) is 0 Å². The van der Waals surface area contributed by atoms with Crippen molar-refractivity contribution >= 4 is 22.8 Å². The van der Waals surface area contributed by atoms with Gasteiger partial charge in [0.05, 0.1) is 17.2 Å². The first-order valence-electron chi connectivity index (χ1n) is 7.62. The number of carbonyl (C=O) groups excluding carboxylic acids is 1. The summed E-state index contributed by atoms with van der Waals surface area (Å²) in [5, 5.41) is 9.87. The van der Waals surface area contributed by atoms with Crippen molar-refractivity contribution in [2.75, 3.05) is 0 Å². The van der Waals surface area contributed by atoms with E-state index in [2.05, 4.69) is 0 Å². The molecule has 5 heteroatoms. The summed E-state index contributed by atoms with van der Waals surface area (Å²) in [5.41, 5.74) is 1.14. The van der Waals surface area contributed by atoms with Crippen LogP contribution in [0.25, 0.3) is 10.9 Å². The number of nitrogens with zero attached hydrogens (tertiary/aromatic N) is 1. The van der Waals surface area contributed by atoms with Crippen LogP contribution in [0.4, 0.5) is 0 Å². The third-order valence-electron chi connectivity index (χ3n) is 3.63. The van der Waals surface area contributed by atoms with E-state index < -0.39 is 5.97 Å². The van der Waals surface area contributed by atoms with Crippen LogP contribution in [0.5, 0.6) is 5.75 Å². The average Bonchev–Trinajstić information content (AvgIpc) is 2.94. The predicted molar refractivity (Wildman–Crippen MR) is 90.8 cm³/mol. The highest BCUT2D eigenvalue weighted by molar-refractivity contribution is 6.09. The Morgan fingerprint density at radius 1 is 1.04 bits per heavy atom. The SMILES string of the molecule is CC(C)Oc1ccc(C(=O)n2cc(C(=O)O)c3ccccc32)cc1. The van der Waals surface area contributed by atoms with Crippen LogP contribution in [-0.2, 0) is 0 Å². The van der Waals surface area contributed by atoms with Gasteiger partial charge >= 0.3 is 5.97 Å². The number of carbonyl (C=O) groups is 2. The van der Waals surface area contributed by atoms with Crippen LogP contribution < -0.4 is 4.74 Å². The Hall–Kier alpha value is -3.08. The minimum Gasteiger partial charge on any atom is -0.491 e. The highest BCUT2D eigenvalue weighted by Crippen LogP contribution is 2.23. The number of hydrogen-bond donors (Lipinski definition) is 1. The van der Waals surface area contributed by atoms with Gasteiger partial charge in [0.2, 0.25) is 0 Å². The summed E-state index contributed by atoms with van der Waals surface area (Å²) >= 11 is 0. The lowest BCUT2D eigenvalue weighted by molar-refractivity contribution is 0.0699. The Bertz CT molecular complexity index is 907. The molecule has 0 amide bonds. The molecule has 2 aromatic carbocycles. The molecule has 3 aromatic rings. The Morgan fingerprint density at radius 2 is 1.71 bits per heavy atom. The number of carboxylic acid groups (broad SMARTS) is 1. The van der Waals surface area contributed by atoms with Gasteiger partial charge in [-0.1, -0.05) is 18.2 Å². The minimum atomic E-state index is -1.06. The van der Waals surface area contributed by atoms with Gasteiger partial charge in [-0.05, 0) is 44.2 Å². The van der Waals surface area contributed by atoms with E-state index in [1.807, 2.05) is 13.8 Å². The highest BCUT2D eigenvalue weighted by atomic mass is 16.5. The summed E-state index contributed by atoms with van der Waals surface area (Å²) in [6.45, 7) is 3.86. The number of carboxylic acids is 1. The molecule has 0 aliphatic carbocycles. The molecule has 0 saturated heterocycles. The van der Waals surface area contributed by atoms with Gasteiger partial charge < -0.3 is 9.84 Å². The van der Waals surface area contributed by atoms with E-state index in [1.54, 1.807) is 48.5 Å². The fourth-order valence-electron chi connectivity index (χ4n) is 2.61. The van der Waals surface area contributed by atoms with Crippen molar-refractivity contribution < 1.29 is 19.4 Å². The van der Waals surface area contributed by atoms with Crippen molar-refractivity contribution in [3.8, 4) is 5.75 Å². The number of fused-ring (bicyclic) bond motifs is 1. The number of hydrogen-bond acceptors (Lipinski definition) is 3. The van der Waals surface area contributed by atoms with Gasteiger partial charge in [-0.25, -0.2) is 4.79 Å². The molecule has 0 fully saturated rings. The first kappa shape index (κ1) is 15.8. The van der Waals surface area contributed by atoms with Crippen molar-refractivity contribution in [3.05, 3.63) is 65.9 Å². The van der Waals surface area contributed by atoms with Crippen LogP contribution in [0.15, 0.2) is 54.7 Å². The van der Waals surface area contributed by atoms with E-state index in [-0.39, 0.29) is 17.6 Å². The maximum atomic E-state index is 12.8. The molecular weight excluding hydrogens is 306 g/mol. The van der Waals surface area contributed by atoms with E-state index in [0.717, 1.165) is 0 Å². The summed E-state index contributed by atoms with van der Waals surface area (Å²) in [6.07, 6.45) is 1.42. The van der Waals surface area contributed by atoms with Crippen molar-refractivity contribution in [1.82, 2.24) is 4.57 Å². The quantitative estimate of drug-likeness (QED) is 0.792. The lowest BCUT2D eigenvalue weighted by Crippen LogP contribution is -2.11. The number of rotatable bonds is 4. The fraction of sp³-hybridized carbons (Fsp3) is 0.158. The largest absolute Gasteiger partial charge is 0.491 e. The molecule has 1 N–H and O–H groups in total. The molecule has 0 unspecified atom stereocenters. The zero-order valence-corrected chi connectivity index (χ0v) is 13.4. The van der Waals surface area contributed by atoms with Crippen molar-refractivity contribution in [3.63, 3.8) is 0 Å². The third kappa shape index (κ3) is 2.88. The summed E-state index contributed by atoms with van der Waals surface area (Å²) in [6, 6.07) is 13.8. The number of ether oxygens (including phenoxy) is 1. The molecule has 1 heterocycles. The zero-order chi connectivity index (χ0) is 17.3. The first-order valence-corrected chi connectivity index (χ1v) is 7.62. The molecular formula is C19H17NO4. The van der Waals surface area contributed by atoms with Crippen LogP contribution in [0.1, 0.15) is 34.6 Å². The summed E-state index contributed by atoms with van der Waals surface area (Å²) in [4.78, 5) is 24.2. The van der Waals surface area contributed by atoms with E-state index >= 15 is 0 Å². The normalized spacial score (nSPS) is 11.0. The summed E-state index contributed by atoms with van der Waals surface area (Å²) < 4.78 is 6.94. The molecule has 0 spiro atoms. The number of aromatic carboxylic acids is 1. The minimum absolute atomic E-state index is 0.0538. The molecule has 0 aliphatic rings. The van der Waals surface area contributed by atoms with Crippen LogP contribution >= 0.6 is 0 Å². The standard InChI is InChI=1S/C19H17NO4/c1-12(2)24-14-9-7-13(8-10-14)18(21)20-11-16(19(22)23)15-5-3-4-6-17(15)20/h3-12H,1-2H3,(H,22,23). The molecule has 0 saturated carbocycles. The summed E-state index contributed by atoms with van der Waals surface area (Å²) in [5.74, 6) is -0.654. The van der Waals surface area contributed by atoms with Gasteiger partial charge in [0.25, 0.3) is 5.91 Å². The Balaban J connectivity index is 2.01. The van der Waals surface area contributed by atoms with E-state index in [9.17, 15) is 14.7 Å².